The van der Waals surface area contributed by atoms with E-state index in [1.165, 1.54) is 12.8 Å². The van der Waals surface area contributed by atoms with Crippen molar-refractivity contribution < 1.29 is 28.4 Å². The van der Waals surface area contributed by atoms with Crippen LogP contribution in [0.5, 0.6) is 17.2 Å². The lowest BCUT2D eigenvalue weighted by atomic mass is 10.2. The minimum absolute atomic E-state index is 0.489. The van der Waals surface area contributed by atoms with Gasteiger partial charge in [-0.3, -0.25) is 19.6 Å². The molecule has 0 atom stereocenters. The zero-order valence-corrected chi connectivity index (χ0v) is 39.5. The highest BCUT2D eigenvalue weighted by Gasteiger charge is 2.19. The van der Waals surface area contributed by atoms with Crippen LogP contribution in [0.4, 0.5) is 5.69 Å². The Labute approximate surface area is 401 Å². The predicted octanol–water partition coefficient (Wildman–Crippen LogP) is 6.20. The fourth-order valence-electron chi connectivity index (χ4n) is 8.53. The van der Waals surface area contributed by atoms with Gasteiger partial charge in [0, 0.05) is 83.1 Å². The Balaban J connectivity index is 0.000000168. The number of morpholine rings is 3. The van der Waals surface area contributed by atoms with Crippen molar-refractivity contribution in [1.29, 1.82) is 0 Å². The number of likely N-dealkylation sites (tertiary alicyclic amines) is 1. The van der Waals surface area contributed by atoms with E-state index in [9.17, 15) is 0 Å². The molecule has 0 bridgehead atoms. The third-order valence-corrected chi connectivity index (χ3v) is 13.0. The topological polar surface area (TPSA) is 164 Å². The van der Waals surface area contributed by atoms with Gasteiger partial charge in [-0.15, -0.1) is 0 Å². The number of rotatable bonds is 18. The summed E-state index contributed by atoms with van der Waals surface area (Å²) in [6.45, 7) is 19.2. The molecular weight excluding hydrogens is 898 g/mol. The van der Waals surface area contributed by atoms with E-state index >= 15 is 0 Å². The van der Waals surface area contributed by atoms with Crippen molar-refractivity contribution in [3.63, 3.8) is 0 Å². The molecule has 10 rings (SSSR count). The molecule has 4 aromatic heterocycles. The first-order valence-electron chi connectivity index (χ1n) is 23.6. The molecule has 2 aromatic carbocycles. The van der Waals surface area contributed by atoms with Gasteiger partial charge in [0.05, 0.1) is 62.7 Å². The van der Waals surface area contributed by atoms with Gasteiger partial charge in [-0.2, -0.15) is 0 Å². The lowest BCUT2D eigenvalue weighted by molar-refractivity contribution is 0.0321. The number of ether oxygens (including phenoxy) is 6. The Morgan fingerprint density at radius 1 is 0.522 bits per heavy atom. The van der Waals surface area contributed by atoms with Crippen molar-refractivity contribution >= 4 is 51.2 Å². The van der Waals surface area contributed by atoms with Gasteiger partial charge in [-0.1, -0.05) is 23.2 Å². The second kappa shape index (κ2) is 24.0. The first-order chi connectivity index (χ1) is 33.0. The normalized spacial score (nSPS) is 17.7. The minimum Gasteiger partial charge on any atom is -0.492 e. The number of pyridine rings is 2. The summed E-state index contributed by atoms with van der Waals surface area (Å²) in [5.74, 6) is 3.78. The van der Waals surface area contributed by atoms with Crippen LogP contribution in [0.3, 0.4) is 0 Å². The number of hydrogen-bond acceptors (Lipinski definition) is 15. The SMILES string of the molecule is Clc1cnc2nc(-c3ccc(OCCN4CCOCC4)cc3)[nH]c2c1NCCN1CCOCC1.Clc1cnc2nc(-c3ccc(OCCN4CCOCC4)cc3)[nH]c2c1OCCN1CCCC1. The van der Waals surface area contributed by atoms with E-state index in [4.69, 9.17) is 51.6 Å². The summed E-state index contributed by atoms with van der Waals surface area (Å²) in [7, 11) is 0. The number of anilines is 1. The van der Waals surface area contributed by atoms with E-state index in [0.717, 1.165) is 176 Å². The highest BCUT2D eigenvalue weighted by atomic mass is 35.5. The van der Waals surface area contributed by atoms with Gasteiger partial charge in [0.1, 0.15) is 59.0 Å². The Kier molecular flexibility index (Phi) is 16.9. The molecule has 8 heterocycles. The molecule has 4 saturated heterocycles. The molecule has 4 aliphatic rings. The van der Waals surface area contributed by atoms with Gasteiger partial charge in [0.25, 0.3) is 0 Å². The quantitative estimate of drug-likeness (QED) is 0.0893. The summed E-state index contributed by atoms with van der Waals surface area (Å²) in [6.07, 6.45) is 5.78. The predicted molar refractivity (Wildman–Crippen MR) is 261 cm³/mol. The van der Waals surface area contributed by atoms with Crippen LogP contribution < -0.4 is 19.5 Å². The summed E-state index contributed by atoms with van der Waals surface area (Å²) >= 11 is 12.9. The summed E-state index contributed by atoms with van der Waals surface area (Å²) in [5.41, 5.74) is 5.53. The maximum atomic E-state index is 6.47. The van der Waals surface area contributed by atoms with Gasteiger partial charge in [-0.05, 0) is 74.5 Å². The molecule has 0 amide bonds. The maximum absolute atomic E-state index is 6.47. The molecule has 358 valence electrons. The molecule has 19 heteroatoms. The number of H-pyrrole nitrogens is 2. The number of nitrogens with zero attached hydrogens (tertiary/aromatic N) is 8. The lowest BCUT2D eigenvalue weighted by Crippen LogP contribution is -2.39. The molecule has 67 heavy (non-hydrogen) atoms. The average Bonchev–Trinajstić information content (AvgIpc) is 4.16. The van der Waals surface area contributed by atoms with Crippen molar-refractivity contribution in [2.24, 2.45) is 0 Å². The molecule has 0 unspecified atom stereocenters. The maximum Gasteiger partial charge on any atom is 0.182 e. The highest BCUT2D eigenvalue weighted by Crippen LogP contribution is 2.34. The van der Waals surface area contributed by atoms with Crippen molar-refractivity contribution in [3.8, 4) is 40.0 Å². The van der Waals surface area contributed by atoms with E-state index in [1.54, 1.807) is 12.4 Å². The van der Waals surface area contributed by atoms with Gasteiger partial charge in [0.15, 0.2) is 17.0 Å². The van der Waals surface area contributed by atoms with Crippen LogP contribution in [0.1, 0.15) is 12.8 Å². The summed E-state index contributed by atoms with van der Waals surface area (Å²) < 4.78 is 34.1. The Bertz CT molecular complexity index is 2450. The smallest absolute Gasteiger partial charge is 0.182 e. The Hall–Kier alpha value is -4.82. The minimum atomic E-state index is 0.489. The van der Waals surface area contributed by atoms with Crippen molar-refractivity contribution in [2.45, 2.75) is 12.8 Å². The van der Waals surface area contributed by atoms with Gasteiger partial charge >= 0.3 is 0 Å². The highest BCUT2D eigenvalue weighted by molar-refractivity contribution is 6.34. The first-order valence-corrected chi connectivity index (χ1v) is 24.3. The third-order valence-electron chi connectivity index (χ3n) is 12.4. The van der Waals surface area contributed by atoms with E-state index in [2.05, 4.69) is 54.8 Å². The zero-order valence-electron chi connectivity index (χ0n) is 38.0. The number of halogens is 2. The number of nitrogens with one attached hydrogen (secondary N) is 3. The molecule has 0 saturated carbocycles. The van der Waals surface area contributed by atoms with E-state index in [-0.39, 0.29) is 0 Å². The number of aromatic nitrogens is 6. The van der Waals surface area contributed by atoms with Gasteiger partial charge in [-0.25, -0.2) is 19.9 Å². The Morgan fingerprint density at radius 3 is 1.48 bits per heavy atom. The van der Waals surface area contributed by atoms with E-state index < -0.39 is 0 Å². The molecule has 0 radical (unpaired) electrons. The lowest BCUT2D eigenvalue weighted by Gasteiger charge is -2.26. The van der Waals surface area contributed by atoms with E-state index in [0.29, 0.717) is 46.9 Å². The first kappa shape index (κ1) is 47.3. The number of fused-ring (bicyclic) bond motifs is 2. The number of imidazole rings is 2. The van der Waals surface area contributed by atoms with Crippen LogP contribution >= 0.6 is 23.2 Å². The van der Waals surface area contributed by atoms with Crippen LogP contribution in [-0.4, -0.2) is 194 Å². The monoisotopic (exact) mass is 957 g/mol. The molecule has 0 spiro atoms. The zero-order chi connectivity index (χ0) is 45.6. The second-order valence-electron chi connectivity index (χ2n) is 16.9. The van der Waals surface area contributed by atoms with Crippen LogP contribution in [-0.2, 0) is 14.2 Å². The summed E-state index contributed by atoms with van der Waals surface area (Å²) in [6, 6.07) is 15.9. The second-order valence-corrected chi connectivity index (χ2v) is 17.7. The number of aromatic amines is 2. The Morgan fingerprint density at radius 2 is 0.955 bits per heavy atom. The fourth-order valence-corrected chi connectivity index (χ4v) is 8.94. The van der Waals surface area contributed by atoms with Crippen molar-refractivity contribution in [3.05, 3.63) is 71.0 Å². The molecule has 4 fully saturated rings. The standard InChI is InChI=1S/C24H31ClN6O3.C24H30ClN5O3/c25-20-17-27-24-22(21(20)26-5-6-30-7-12-32-13-8-30)28-23(29-24)18-1-3-19(4-2-18)34-16-11-31-9-14-33-15-10-31;25-20-17-26-24-21(22(20)33-16-12-29-7-1-2-8-29)27-23(28-24)18-3-5-19(6-4-18)32-15-11-30-9-13-31-14-10-30/h1-4,17H,5-16H2,(H2,26,27,28,29);3-6,17H,1-2,7-16H2,(H,26,27,28). The van der Waals surface area contributed by atoms with Crippen LogP contribution in [0.25, 0.3) is 45.1 Å². The van der Waals surface area contributed by atoms with Gasteiger partial charge < -0.3 is 43.7 Å². The van der Waals surface area contributed by atoms with Crippen molar-refractivity contribution in [1.82, 2.24) is 49.5 Å². The number of hydrogen-bond donors (Lipinski definition) is 3. The third kappa shape index (κ3) is 13.0. The van der Waals surface area contributed by atoms with Gasteiger partial charge in [0.2, 0.25) is 0 Å². The average molecular weight is 959 g/mol. The van der Waals surface area contributed by atoms with E-state index in [1.807, 2.05) is 48.5 Å². The molecule has 0 aliphatic carbocycles. The molecular formula is C48H61Cl2N11O6. The summed E-state index contributed by atoms with van der Waals surface area (Å²) in [5, 5.41) is 4.54. The fraction of sp³-hybridized carbons (Fsp3) is 0.500. The van der Waals surface area contributed by atoms with Crippen LogP contribution in [0.2, 0.25) is 10.0 Å². The molecule has 6 aromatic rings. The molecule has 4 aliphatic heterocycles. The van der Waals surface area contributed by atoms with Crippen LogP contribution in [0, 0.1) is 0 Å². The van der Waals surface area contributed by atoms with Crippen LogP contribution in [0.15, 0.2) is 60.9 Å². The largest absolute Gasteiger partial charge is 0.492 e. The molecule has 17 nitrogen and oxygen atoms in total. The summed E-state index contributed by atoms with van der Waals surface area (Å²) in [4.78, 5) is 34.4. The molecule has 3 N–H and O–H groups in total. The van der Waals surface area contributed by atoms with Crippen molar-refractivity contribution in [2.75, 3.05) is 150 Å². The number of benzene rings is 2.